The van der Waals surface area contributed by atoms with Gasteiger partial charge >= 0.3 is 0 Å². The second-order valence-electron chi connectivity index (χ2n) is 6.97. The summed E-state index contributed by atoms with van der Waals surface area (Å²) in [5.41, 5.74) is 5.48. The lowest BCUT2D eigenvalue weighted by Crippen LogP contribution is -2.31. The molecule has 0 heterocycles. The molecular formula is C23H33N. The second kappa shape index (κ2) is 9.64. The molecule has 2 aromatic rings. The Labute approximate surface area is 148 Å². The van der Waals surface area contributed by atoms with Gasteiger partial charge in [-0.25, -0.2) is 0 Å². The predicted molar refractivity (Wildman–Crippen MR) is 106 cm³/mol. The zero-order valence-corrected chi connectivity index (χ0v) is 15.9. The molecule has 0 bridgehead atoms. The first kappa shape index (κ1) is 18.7. The fraction of sp³-hybridized carbons (Fsp3) is 0.478. The van der Waals surface area contributed by atoms with Crippen molar-refractivity contribution < 1.29 is 0 Å². The molecule has 0 fully saturated rings. The fourth-order valence-electron chi connectivity index (χ4n) is 3.20. The first-order valence-electron chi connectivity index (χ1n) is 9.52. The molecule has 0 aromatic heterocycles. The van der Waals surface area contributed by atoms with Gasteiger partial charge in [-0.1, -0.05) is 86.3 Å². The number of hydrogen-bond acceptors (Lipinski definition) is 1. The maximum absolute atomic E-state index is 2.68. The summed E-state index contributed by atoms with van der Waals surface area (Å²) in [7, 11) is 0. The molecule has 130 valence electrons. The van der Waals surface area contributed by atoms with E-state index in [1.807, 2.05) is 0 Å². The van der Waals surface area contributed by atoms with E-state index in [0.717, 1.165) is 0 Å². The summed E-state index contributed by atoms with van der Waals surface area (Å²) >= 11 is 0. The minimum absolute atomic E-state index is 0.365. The van der Waals surface area contributed by atoms with E-state index in [9.17, 15) is 0 Å². The van der Waals surface area contributed by atoms with Gasteiger partial charge in [-0.05, 0) is 50.9 Å². The van der Waals surface area contributed by atoms with E-state index in [4.69, 9.17) is 0 Å². The number of nitrogens with zero attached hydrogens (tertiary/aromatic N) is 1. The van der Waals surface area contributed by atoms with Gasteiger partial charge in [0.2, 0.25) is 0 Å². The Hall–Kier alpha value is -1.60. The quantitative estimate of drug-likeness (QED) is 0.524. The van der Waals surface area contributed by atoms with Gasteiger partial charge in [0.1, 0.15) is 0 Å². The van der Waals surface area contributed by atoms with Crippen LogP contribution in [0.5, 0.6) is 0 Å². The van der Waals surface area contributed by atoms with Crippen molar-refractivity contribution >= 4 is 0 Å². The molecule has 2 rings (SSSR count). The minimum Gasteiger partial charge on any atom is -0.292 e. The summed E-state index contributed by atoms with van der Waals surface area (Å²) in [6.45, 7) is 11.2. The number of benzene rings is 2. The lowest BCUT2D eigenvalue weighted by Gasteiger charge is -2.33. The summed E-state index contributed by atoms with van der Waals surface area (Å²) in [4.78, 5) is 2.68. The van der Waals surface area contributed by atoms with Gasteiger partial charge in [-0.3, -0.25) is 4.90 Å². The Morgan fingerprint density at radius 3 is 1.38 bits per heavy atom. The van der Waals surface area contributed by atoms with E-state index in [1.165, 1.54) is 61.0 Å². The lowest BCUT2D eigenvalue weighted by molar-refractivity contribution is 0.218. The fourth-order valence-corrected chi connectivity index (χ4v) is 3.20. The van der Waals surface area contributed by atoms with Crippen molar-refractivity contribution in [3.05, 3.63) is 70.8 Å². The minimum atomic E-state index is 0.365. The van der Waals surface area contributed by atoms with Gasteiger partial charge in [0.15, 0.2) is 0 Å². The molecule has 24 heavy (non-hydrogen) atoms. The van der Waals surface area contributed by atoms with Crippen LogP contribution < -0.4 is 0 Å². The van der Waals surface area contributed by atoms with Crippen LogP contribution in [0.4, 0.5) is 0 Å². The third kappa shape index (κ3) is 5.21. The van der Waals surface area contributed by atoms with Crippen molar-refractivity contribution in [1.82, 2.24) is 4.90 Å². The molecule has 2 aromatic carbocycles. The Balaban J connectivity index is 2.38. The van der Waals surface area contributed by atoms with Crippen molar-refractivity contribution in [3.63, 3.8) is 0 Å². The molecule has 0 aliphatic carbocycles. The Morgan fingerprint density at radius 2 is 1.04 bits per heavy atom. The van der Waals surface area contributed by atoms with E-state index in [1.54, 1.807) is 0 Å². The molecule has 0 saturated carbocycles. The first-order chi connectivity index (χ1) is 11.7. The molecule has 0 unspecified atom stereocenters. The highest BCUT2D eigenvalue weighted by molar-refractivity contribution is 5.34. The average Bonchev–Trinajstić information content (AvgIpc) is 2.60. The van der Waals surface area contributed by atoms with Crippen LogP contribution in [-0.4, -0.2) is 18.0 Å². The predicted octanol–water partition coefficient (Wildman–Crippen LogP) is 6.30. The SMILES string of the molecule is CCCCN(CCCC)C(c1ccc(C)cc1)c1ccc(C)cc1. The van der Waals surface area contributed by atoms with Crippen LogP contribution in [-0.2, 0) is 0 Å². The van der Waals surface area contributed by atoms with Crippen LogP contribution in [0.15, 0.2) is 48.5 Å². The molecule has 1 nitrogen and oxygen atoms in total. The van der Waals surface area contributed by atoms with E-state index in [0.29, 0.717) is 6.04 Å². The highest BCUT2D eigenvalue weighted by Crippen LogP contribution is 2.30. The maximum atomic E-state index is 2.68. The summed E-state index contributed by atoms with van der Waals surface area (Å²) < 4.78 is 0. The standard InChI is InChI=1S/C23H33N/c1-5-7-17-24(18-8-6-2)23(21-13-9-19(3)10-14-21)22-15-11-20(4)12-16-22/h9-16,23H,5-8,17-18H2,1-4H3. The van der Waals surface area contributed by atoms with E-state index >= 15 is 0 Å². The van der Waals surface area contributed by atoms with Crippen LogP contribution >= 0.6 is 0 Å². The Morgan fingerprint density at radius 1 is 0.667 bits per heavy atom. The van der Waals surface area contributed by atoms with Crippen molar-refractivity contribution in [3.8, 4) is 0 Å². The van der Waals surface area contributed by atoms with Crippen LogP contribution in [0, 0.1) is 13.8 Å². The third-order valence-electron chi connectivity index (χ3n) is 4.75. The first-order valence-corrected chi connectivity index (χ1v) is 9.52. The molecular weight excluding hydrogens is 290 g/mol. The van der Waals surface area contributed by atoms with Gasteiger partial charge in [-0.2, -0.15) is 0 Å². The number of unbranched alkanes of at least 4 members (excludes halogenated alkanes) is 2. The number of rotatable bonds is 9. The summed E-state index contributed by atoms with van der Waals surface area (Å²) in [6, 6.07) is 18.6. The lowest BCUT2D eigenvalue weighted by atomic mass is 9.95. The van der Waals surface area contributed by atoms with Gasteiger partial charge in [0.05, 0.1) is 6.04 Å². The molecule has 1 heteroatoms. The zero-order chi connectivity index (χ0) is 17.4. The molecule has 0 N–H and O–H groups in total. The smallest absolute Gasteiger partial charge is 0.0601 e. The molecule has 0 atom stereocenters. The van der Waals surface area contributed by atoms with Gasteiger partial charge in [-0.15, -0.1) is 0 Å². The molecule has 0 radical (unpaired) electrons. The van der Waals surface area contributed by atoms with Gasteiger partial charge in [0, 0.05) is 0 Å². The average molecular weight is 324 g/mol. The van der Waals surface area contributed by atoms with E-state index in [-0.39, 0.29) is 0 Å². The van der Waals surface area contributed by atoms with Crippen molar-refractivity contribution in [1.29, 1.82) is 0 Å². The third-order valence-corrected chi connectivity index (χ3v) is 4.75. The molecule has 0 saturated heterocycles. The van der Waals surface area contributed by atoms with Crippen LogP contribution in [0.3, 0.4) is 0 Å². The molecule has 0 amide bonds. The van der Waals surface area contributed by atoms with Crippen molar-refractivity contribution in [2.75, 3.05) is 13.1 Å². The zero-order valence-electron chi connectivity index (χ0n) is 15.9. The monoisotopic (exact) mass is 323 g/mol. The summed E-state index contributed by atoms with van der Waals surface area (Å²) in [5.74, 6) is 0. The number of hydrogen-bond donors (Lipinski definition) is 0. The summed E-state index contributed by atoms with van der Waals surface area (Å²) in [5, 5.41) is 0. The molecule has 0 aliphatic heterocycles. The topological polar surface area (TPSA) is 3.24 Å². The van der Waals surface area contributed by atoms with Gasteiger partial charge in [0.25, 0.3) is 0 Å². The van der Waals surface area contributed by atoms with E-state index in [2.05, 4.69) is 81.1 Å². The van der Waals surface area contributed by atoms with Crippen LogP contribution in [0.1, 0.15) is 67.8 Å². The molecule has 0 spiro atoms. The second-order valence-corrected chi connectivity index (χ2v) is 6.97. The van der Waals surface area contributed by atoms with Gasteiger partial charge < -0.3 is 0 Å². The normalized spacial score (nSPS) is 11.4. The van der Waals surface area contributed by atoms with Crippen molar-refractivity contribution in [2.24, 2.45) is 0 Å². The molecule has 0 aliphatic rings. The largest absolute Gasteiger partial charge is 0.292 e. The Kier molecular flexibility index (Phi) is 7.52. The van der Waals surface area contributed by atoms with E-state index < -0.39 is 0 Å². The highest BCUT2D eigenvalue weighted by atomic mass is 15.1. The van der Waals surface area contributed by atoms with Crippen LogP contribution in [0.25, 0.3) is 0 Å². The highest BCUT2D eigenvalue weighted by Gasteiger charge is 2.21. The summed E-state index contributed by atoms with van der Waals surface area (Å²) in [6.07, 6.45) is 5.02. The number of aryl methyl sites for hydroxylation is 2. The van der Waals surface area contributed by atoms with Crippen molar-refractivity contribution in [2.45, 2.75) is 59.4 Å². The maximum Gasteiger partial charge on any atom is 0.0601 e. The Bertz CT molecular complexity index is 529. The van der Waals surface area contributed by atoms with Crippen LogP contribution in [0.2, 0.25) is 0 Å².